The van der Waals surface area contributed by atoms with Crippen molar-refractivity contribution in [2.45, 2.75) is 12.3 Å². The van der Waals surface area contributed by atoms with Crippen LogP contribution in [0, 0.1) is 5.41 Å². The number of rotatable bonds is 6. The molecular formula is C24H23ClN4O3S. The van der Waals surface area contributed by atoms with E-state index >= 15 is 0 Å². The number of anilines is 1. The molecule has 0 radical (unpaired) electrons. The van der Waals surface area contributed by atoms with Gasteiger partial charge >= 0.3 is 0 Å². The maximum Gasteiger partial charge on any atom is 0.261 e. The second kappa shape index (κ2) is 8.35. The molecule has 7 nitrogen and oxygen atoms in total. The highest BCUT2D eigenvalue weighted by Crippen LogP contribution is 2.44. The van der Waals surface area contributed by atoms with Crippen LogP contribution >= 0.6 is 22.9 Å². The number of primary amides is 1. The minimum absolute atomic E-state index is 0.0204. The number of carbonyl (C=O) groups excluding carboxylic acids is 2. The molecule has 0 saturated carbocycles. The number of nitrogens with zero attached hydrogens (tertiary/aromatic N) is 3. The van der Waals surface area contributed by atoms with Gasteiger partial charge in [-0.05, 0) is 43.3 Å². The first-order valence-electron chi connectivity index (χ1n) is 10.7. The number of carbonyl (C=O) groups is 2. The summed E-state index contributed by atoms with van der Waals surface area (Å²) in [7, 11) is 0. The van der Waals surface area contributed by atoms with Crippen LogP contribution in [0.1, 0.15) is 16.6 Å². The molecule has 2 aromatic carbocycles. The van der Waals surface area contributed by atoms with Gasteiger partial charge in [0.2, 0.25) is 5.91 Å². The predicted molar refractivity (Wildman–Crippen MR) is 129 cm³/mol. The third-order valence-corrected chi connectivity index (χ3v) is 7.29. The number of para-hydroxylation sites is 1. The van der Waals surface area contributed by atoms with Gasteiger partial charge in [0.05, 0.1) is 5.69 Å². The predicted octanol–water partition coefficient (Wildman–Crippen LogP) is 3.98. The average molecular weight is 483 g/mol. The van der Waals surface area contributed by atoms with E-state index in [4.69, 9.17) is 27.1 Å². The van der Waals surface area contributed by atoms with Gasteiger partial charge < -0.3 is 20.3 Å². The fourth-order valence-corrected chi connectivity index (χ4v) is 5.46. The summed E-state index contributed by atoms with van der Waals surface area (Å²) in [6.45, 7) is 4.71. The number of alkyl halides is 1. The number of hydrogen-bond acceptors (Lipinski definition) is 6. The fourth-order valence-electron chi connectivity index (χ4n) is 4.38. The van der Waals surface area contributed by atoms with Gasteiger partial charge in [-0.2, -0.15) is 0 Å². The molecule has 9 heteroatoms. The van der Waals surface area contributed by atoms with E-state index in [0.717, 1.165) is 29.5 Å². The zero-order valence-electron chi connectivity index (χ0n) is 18.0. The first-order valence-corrected chi connectivity index (χ1v) is 11.9. The van der Waals surface area contributed by atoms with Crippen molar-refractivity contribution >= 4 is 39.9 Å². The Kier molecular flexibility index (Phi) is 5.50. The van der Waals surface area contributed by atoms with E-state index in [0.29, 0.717) is 29.4 Å². The molecule has 3 heterocycles. The van der Waals surface area contributed by atoms with E-state index in [1.165, 1.54) is 11.3 Å². The normalized spacial score (nSPS) is 17.3. The van der Waals surface area contributed by atoms with Gasteiger partial charge in [-0.25, -0.2) is 4.98 Å². The van der Waals surface area contributed by atoms with Crippen LogP contribution in [0.4, 0.5) is 5.13 Å². The SMILES string of the molecule is CC(Cl)C(=O)N1CC2(C1)CN(c1nc(-c3ccc(Oc4ccccc4)cc3)c(C(N)=O)s1)C2. The standard InChI is InChI=1S/C24H23ClN4O3S/c1-15(25)22(31)28-11-24(12-28)13-29(14-24)23-27-19(20(33-23)21(26)30)16-7-9-18(10-8-16)32-17-5-3-2-4-6-17/h2-10,15H,11-14H2,1H3,(H2,26,30). The number of nitrogens with two attached hydrogens (primary N) is 1. The lowest BCUT2D eigenvalue weighted by atomic mass is 9.73. The molecule has 1 unspecified atom stereocenters. The van der Waals surface area contributed by atoms with Crippen LogP contribution < -0.4 is 15.4 Å². The van der Waals surface area contributed by atoms with Crippen molar-refractivity contribution in [1.82, 2.24) is 9.88 Å². The molecule has 1 aromatic heterocycles. The summed E-state index contributed by atoms with van der Waals surface area (Å²) < 4.78 is 5.84. The van der Waals surface area contributed by atoms with E-state index in [-0.39, 0.29) is 11.3 Å². The van der Waals surface area contributed by atoms with Gasteiger partial charge in [0.25, 0.3) is 5.91 Å². The number of thiazole rings is 1. The number of amides is 2. The summed E-state index contributed by atoms with van der Waals surface area (Å²) in [6, 6.07) is 17.0. The zero-order valence-corrected chi connectivity index (χ0v) is 19.6. The molecular weight excluding hydrogens is 460 g/mol. The van der Waals surface area contributed by atoms with Crippen molar-refractivity contribution in [3.63, 3.8) is 0 Å². The molecule has 1 spiro atoms. The highest BCUT2D eigenvalue weighted by atomic mass is 35.5. The molecule has 2 N–H and O–H groups in total. The van der Waals surface area contributed by atoms with Gasteiger partial charge in [0, 0.05) is 37.2 Å². The van der Waals surface area contributed by atoms with Gasteiger partial charge in [-0.15, -0.1) is 11.6 Å². The maximum atomic E-state index is 12.1. The number of benzene rings is 2. The molecule has 3 aromatic rings. The lowest BCUT2D eigenvalue weighted by molar-refractivity contribution is -0.144. The Balaban J connectivity index is 1.29. The molecule has 5 rings (SSSR count). The summed E-state index contributed by atoms with van der Waals surface area (Å²) in [5, 5.41) is 0.271. The molecule has 0 aliphatic carbocycles. The highest BCUT2D eigenvalue weighted by Gasteiger charge is 2.54. The third-order valence-electron chi connectivity index (χ3n) is 5.97. The third kappa shape index (κ3) is 4.16. The van der Waals surface area contributed by atoms with Crippen LogP contribution in [-0.4, -0.2) is 53.3 Å². The van der Waals surface area contributed by atoms with Crippen molar-refractivity contribution in [3.8, 4) is 22.8 Å². The molecule has 2 fully saturated rings. The van der Waals surface area contributed by atoms with Crippen molar-refractivity contribution in [3.05, 3.63) is 59.5 Å². The second-order valence-electron chi connectivity index (χ2n) is 8.64. The summed E-state index contributed by atoms with van der Waals surface area (Å²) in [5.74, 6) is 0.932. The van der Waals surface area contributed by atoms with E-state index < -0.39 is 11.3 Å². The molecule has 1 atom stereocenters. The molecule has 33 heavy (non-hydrogen) atoms. The van der Waals surface area contributed by atoms with Crippen LogP contribution in [0.3, 0.4) is 0 Å². The highest BCUT2D eigenvalue weighted by molar-refractivity contribution is 7.18. The molecule has 0 bridgehead atoms. The summed E-state index contributed by atoms with van der Waals surface area (Å²) in [5.41, 5.74) is 7.14. The van der Waals surface area contributed by atoms with Crippen LogP contribution in [-0.2, 0) is 4.79 Å². The Bertz CT molecular complexity index is 1180. The van der Waals surface area contributed by atoms with Crippen molar-refractivity contribution in [1.29, 1.82) is 0 Å². The van der Waals surface area contributed by atoms with Crippen LogP contribution in [0.25, 0.3) is 11.3 Å². The Morgan fingerprint density at radius 2 is 1.70 bits per heavy atom. The van der Waals surface area contributed by atoms with Crippen molar-refractivity contribution in [2.24, 2.45) is 11.1 Å². The lowest BCUT2D eigenvalue weighted by Crippen LogP contribution is -2.73. The summed E-state index contributed by atoms with van der Waals surface area (Å²) in [4.78, 5) is 33.3. The number of halogens is 1. The Morgan fingerprint density at radius 1 is 1.06 bits per heavy atom. The topological polar surface area (TPSA) is 88.8 Å². The number of ether oxygens (including phenoxy) is 1. The van der Waals surface area contributed by atoms with E-state index in [1.54, 1.807) is 11.8 Å². The van der Waals surface area contributed by atoms with Gasteiger partial charge in [-0.1, -0.05) is 29.5 Å². The van der Waals surface area contributed by atoms with Gasteiger partial charge in [0.15, 0.2) is 5.13 Å². The Labute approximate surface area is 200 Å². The number of hydrogen-bond donors (Lipinski definition) is 1. The molecule has 2 aliphatic rings. The van der Waals surface area contributed by atoms with Gasteiger partial charge in [0.1, 0.15) is 21.8 Å². The average Bonchev–Trinajstić information content (AvgIpc) is 3.18. The molecule has 2 saturated heterocycles. The van der Waals surface area contributed by atoms with E-state index in [1.807, 2.05) is 54.6 Å². The first-order chi connectivity index (χ1) is 15.8. The summed E-state index contributed by atoms with van der Waals surface area (Å²) in [6.07, 6.45) is 0. The van der Waals surface area contributed by atoms with Gasteiger partial charge in [-0.3, -0.25) is 9.59 Å². The summed E-state index contributed by atoms with van der Waals surface area (Å²) >= 11 is 7.22. The quantitative estimate of drug-likeness (QED) is 0.537. The van der Waals surface area contributed by atoms with E-state index in [2.05, 4.69) is 4.90 Å². The first kappa shape index (κ1) is 21.7. The van der Waals surface area contributed by atoms with Crippen molar-refractivity contribution < 1.29 is 14.3 Å². The molecule has 2 amide bonds. The molecule has 2 aliphatic heterocycles. The van der Waals surface area contributed by atoms with Crippen molar-refractivity contribution in [2.75, 3.05) is 31.1 Å². The van der Waals surface area contributed by atoms with Crippen LogP contribution in [0.5, 0.6) is 11.5 Å². The van der Waals surface area contributed by atoms with E-state index in [9.17, 15) is 9.59 Å². The lowest BCUT2D eigenvalue weighted by Gasteiger charge is -2.60. The monoisotopic (exact) mass is 482 g/mol. The number of likely N-dealkylation sites (tertiary alicyclic amines) is 1. The minimum Gasteiger partial charge on any atom is -0.457 e. The maximum absolute atomic E-state index is 12.1. The Morgan fingerprint density at radius 3 is 2.30 bits per heavy atom. The second-order valence-corrected chi connectivity index (χ2v) is 10.3. The smallest absolute Gasteiger partial charge is 0.261 e. The zero-order chi connectivity index (χ0) is 23.2. The largest absolute Gasteiger partial charge is 0.457 e. The minimum atomic E-state index is -0.498. The van der Waals surface area contributed by atoms with Crippen LogP contribution in [0.15, 0.2) is 54.6 Å². The van der Waals surface area contributed by atoms with Crippen LogP contribution in [0.2, 0.25) is 0 Å². The fraction of sp³-hybridized carbons (Fsp3) is 0.292. The molecule has 170 valence electrons. The Hall–Kier alpha value is -3.10. The number of aromatic nitrogens is 1.